The molecule has 0 spiro atoms. The maximum Gasteiger partial charge on any atom is 0.269 e. The van der Waals surface area contributed by atoms with Crippen molar-refractivity contribution < 1.29 is 18.8 Å². The number of aromatic nitrogens is 3. The van der Waals surface area contributed by atoms with E-state index in [9.17, 15) is 24.0 Å². The predicted octanol–water partition coefficient (Wildman–Crippen LogP) is 3.88. The molecule has 0 amide bonds. The second-order valence-electron chi connectivity index (χ2n) is 6.12. The topological polar surface area (TPSA) is 93.6 Å². The van der Waals surface area contributed by atoms with Crippen LogP contribution in [0.25, 0.3) is 28.0 Å². The summed E-state index contributed by atoms with van der Waals surface area (Å²) in [6.07, 6.45) is 0. The summed E-state index contributed by atoms with van der Waals surface area (Å²) in [6.45, 7) is 1.62. The van der Waals surface area contributed by atoms with Gasteiger partial charge in [-0.1, -0.05) is 0 Å². The number of hydrogen-bond donors (Lipinski definition) is 1. The second kappa shape index (κ2) is 7.86. The van der Waals surface area contributed by atoms with Crippen LogP contribution in [0.5, 0.6) is 5.88 Å². The van der Waals surface area contributed by atoms with Crippen molar-refractivity contribution in [3.63, 3.8) is 0 Å². The second-order valence-corrected chi connectivity index (χ2v) is 6.12. The fourth-order valence-corrected chi connectivity index (χ4v) is 3.02. The van der Waals surface area contributed by atoms with E-state index in [1.54, 1.807) is 6.92 Å². The molecule has 4 rings (SSSR count). The van der Waals surface area contributed by atoms with Crippen LogP contribution in [0.3, 0.4) is 0 Å². The Labute approximate surface area is 185 Å². The third-order valence-corrected chi connectivity index (χ3v) is 4.32. The first-order valence-electron chi connectivity index (χ1n) is 8.15. The number of nitro groups is 1. The largest absolute Gasteiger partial charge is 0.493 e. The first-order valence-corrected chi connectivity index (χ1v) is 8.15. The van der Waals surface area contributed by atoms with Gasteiger partial charge < -0.3 is 5.11 Å². The molecule has 0 atom stereocenters. The number of fused-ring (bicyclic) bond motifs is 1. The van der Waals surface area contributed by atoms with E-state index in [2.05, 4.69) is 10.1 Å². The number of hydrogen-bond acceptors (Lipinski definition) is 5. The van der Waals surface area contributed by atoms with E-state index in [1.807, 2.05) is 0 Å². The summed E-state index contributed by atoms with van der Waals surface area (Å²) in [7, 11) is 0. The van der Waals surface area contributed by atoms with E-state index in [0.29, 0.717) is 22.5 Å². The van der Waals surface area contributed by atoms with E-state index in [-0.39, 0.29) is 52.3 Å². The molecule has 10 heteroatoms. The first-order chi connectivity index (χ1) is 13.3. The molecule has 0 aliphatic carbocycles. The summed E-state index contributed by atoms with van der Waals surface area (Å²) in [5, 5.41) is 25.3. The molecule has 0 bridgehead atoms. The van der Waals surface area contributed by atoms with Crippen LogP contribution in [-0.2, 0) is 0 Å². The van der Waals surface area contributed by atoms with E-state index in [4.69, 9.17) is 0 Å². The van der Waals surface area contributed by atoms with Gasteiger partial charge in [-0.3, -0.25) is 10.1 Å². The molecule has 4 aromatic rings. The van der Waals surface area contributed by atoms with Gasteiger partial charge in [-0.2, -0.15) is 9.61 Å². The fraction of sp³-hybridized carbons (Fsp3) is 0.0526. The van der Waals surface area contributed by atoms with Gasteiger partial charge in [-0.05, 0) is 31.2 Å². The SMILES string of the molecule is Cc1nn2c(O)cc(-c3ccc([N+](=O)[O-])cc3)nc2c1-c1ccc(F)cc1F.[Na]. The van der Waals surface area contributed by atoms with Crippen LogP contribution in [0.2, 0.25) is 0 Å². The summed E-state index contributed by atoms with van der Waals surface area (Å²) in [5.41, 5.74) is 1.75. The molecule has 2 aromatic heterocycles. The molecule has 2 heterocycles. The van der Waals surface area contributed by atoms with Crippen LogP contribution < -0.4 is 0 Å². The minimum absolute atomic E-state index is 0. The number of nitrogens with zero attached hydrogens (tertiary/aromatic N) is 4. The number of benzene rings is 2. The summed E-state index contributed by atoms with van der Waals surface area (Å²) >= 11 is 0. The summed E-state index contributed by atoms with van der Waals surface area (Å²) in [4.78, 5) is 14.7. The molecule has 2 aromatic carbocycles. The van der Waals surface area contributed by atoms with E-state index in [1.165, 1.54) is 36.4 Å². The van der Waals surface area contributed by atoms with Gasteiger partial charge in [0, 0.05) is 64.9 Å². The van der Waals surface area contributed by atoms with Crippen molar-refractivity contribution in [2.24, 2.45) is 0 Å². The van der Waals surface area contributed by atoms with Crippen LogP contribution in [0.15, 0.2) is 48.5 Å². The van der Waals surface area contributed by atoms with Gasteiger partial charge in [-0.25, -0.2) is 13.8 Å². The predicted molar refractivity (Wildman–Crippen MR) is 103 cm³/mol. The number of halogens is 2. The monoisotopic (exact) mass is 405 g/mol. The fourth-order valence-electron chi connectivity index (χ4n) is 3.02. The van der Waals surface area contributed by atoms with Crippen molar-refractivity contribution in [1.82, 2.24) is 14.6 Å². The molecule has 0 aliphatic rings. The van der Waals surface area contributed by atoms with Gasteiger partial charge in [0.15, 0.2) is 5.65 Å². The quantitative estimate of drug-likeness (QED) is 0.317. The van der Waals surface area contributed by atoms with Gasteiger partial charge in [0.05, 0.1) is 21.9 Å². The third kappa shape index (κ3) is 3.71. The van der Waals surface area contributed by atoms with Crippen molar-refractivity contribution >= 4 is 40.9 Å². The number of nitro benzene ring substituents is 1. The summed E-state index contributed by atoms with van der Waals surface area (Å²) < 4.78 is 28.8. The molecule has 141 valence electrons. The molecule has 0 fully saturated rings. The van der Waals surface area contributed by atoms with Crippen molar-refractivity contribution in [2.75, 3.05) is 0 Å². The average molecular weight is 405 g/mol. The van der Waals surface area contributed by atoms with Crippen molar-refractivity contribution in [2.45, 2.75) is 6.92 Å². The Morgan fingerprint density at radius 1 is 1.10 bits per heavy atom. The minimum Gasteiger partial charge on any atom is -0.493 e. The standard InChI is InChI=1S/C19H12F2N4O3.Na/c1-10-18(14-7-4-12(20)8-15(14)21)19-22-16(9-17(26)24(19)23-10)11-2-5-13(6-3-11)25(27)28;/h2-9,26H,1H3;. The van der Waals surface area contributed by atoms with Gasteiger partial charge in [0.25, 0.3) is 5.69 Å². The molecular formula is C19H12F2N4NaO3. The normalized spacial score (nSPS) is 10.7. The maximum atomic E-state index is 14.3. The Bertz CT molecular complexity index is 1240. The molecular weight excluding hydrogens is 393 g/mol. The van der Waals surface area contributed by atoms with Crippen molar-refractivity contribution in [1.29, 1.82) is 0 Å². The van der Waals surface area contributed by atoms with Crippen LogP contribution in [0.4, 0.5) is 14.5 Å². The minimum atomic E-state index is -0.778. The molecule has 0 unspecified atom stereocenters. The van der Waals surface area contributed by atoms with Crippen LogP contribution >= 0.6 is 0 Å². The zero-order valence-corrected chi connectivity index (χ0v) is 17.4. The zero-order chi connectivity index (χ0) is 20.0. The van der Waals surface area contributed by atoms with Gasteiger partial charge in [0.1, 0.15) is 11.6 Å². The van der Waals surface area contributed by atoms with E-state index in [0.717, 1.165) is 16.6 Å². The van der Waals surface area contributed by atoms with Gasteiger partial charge >= 0.3 is 0 Å². The Kier molecular flexibility index (Phi) is 5.65. The third-order valence-electron chi connectivity index (χ3n) is 4.32. The average Bonchev–Trinajstić information content (AvgIpc) is 2.98. The smallest absolute Gasteiger partial charge is 0.269 e. The van der Waals surface area contributed by atoms with Crippen LogP contribution in [0, 0.1) is 28.7 Å². The number of non-ortho nitro benzene ring substituents is 1. The van der Waals surface area contributed by atoms with Crippen molar-refractivity contribution in [3.05, 3.63) is 76.0 Å². The Morgan fingerprint density at radius 2 is 1.79 bits per heavy atom. The number of aryl methyl sites for hydroxylation is 1. The molecule has 1 radical (unpaired) electrons. The van der Waals surface area contributed by atoms with E-state index >= 15 is 0 Å². The molecule has 1 N–H and O–H groups in total. The zero-order valence-electron chi connectivity index (χ0n) is 15.4. The van der Waals surface area contributed by atoms with E-state index < -0.39 is 16.6 Å². The first kappa shape index (κ1) is 20.8. The maximum absolute atomic E-state index is 14.3. The van der Waals surface area contributed by atoms with Gasteiger partial charge in [-0.15, -0.1) is 0 Å². The summed E-state index contributed by atoms with van der Waals surface area (Å²) in [6, 6.07) is 10.2. The molecule has 0 saturated carbocycles. The molecule has 29 heavy (non-hydrogen) atoms. The van der Waals surface area contributed by atoms with Crippen LogP contribution in [0.1, 0.15) is 5.69 Å². The Hall–Kier alpha value is -2.88. The van der Waals surface area contributed by atoms with Crippen molar-refractivity contribution in [3.8, 4) is 28.3 Å². The molecule has 0 aliphatic heterocycles. The number of aromatic hydroxyl groups is 1. The Balaban J connectivity index is 0.00000240. The van der Waals surface area contributed by atoms with Crippen LogP contribution in [-0.4, -0.2) is 54.2 Å². The van der Waals surface area contributed by atoms with Gasteiger partial charge in [0.2, 0.25) is 5.88 Å². The molecule has 7 nitrogen and oxygen atoms in total. The summed E-state index contributed by atoms with van der Waals surface area (Å²) in [5.74, 6) is -1.73. The Morgan fingerprint density at radius 3 is 2.41 bits per heavy atom. The molecule has 0 saturated heterocycles. The number of rotatable bonds is 3.